The van der Waals surface area contributed by atoms with E-state index in [4.69, 9.17) is 10.1 Å². The second-order valence-electron chi connectivity index (χ2n) is 0.200. The van der Waals surface area contributed by atoms with Gasteiger partial charge in [-0.25, -0.2) is 0 Å². The van der Waals surface area contributed by atoms with Crippen LogP contribution in [0.15, 0.2) is 0 Å². The van der Waals surface area contributed by atoms with Crippen LogP contribution < -0.4 is 4.91 Å². The molecule has 4 heteroatoms. The summed E-state index contributed by atoms with van der Waals surface area (Å²) >= 11 is 0. The predicted octanol–water partition coefficient (Wildman–Crippen LogP) is -1.51. The van der Waals surface area contributed by atoms with E-state index in [0.717, 1.165) is 0 Å². The van der Waals surface area contributed by atoms with Crippen molar-refractivity contribution in [2.24, 2.45) is 0 Å². The molecule has 0 aromatic heterocycles. The summed E-state index contributed by atoms with van der Waals surface area (Å²) in [4.78, 5) is 8.94. The van der Waals surface area contributed by atoms with Crippen molar-refractivity contribution in [3.63, 3.8) is 0 Å². The van der Waals surface area contributed by atoms with Crippen molar-refractivity contribution < 1.29 is 15.0 Å². The van der Waals surface area contributed by atoms with Crippen LogP contribution in [-0.4, -0.2) is 10.1 Å². The maximum atomic E-state index is 7.49. The van der Waals surface area contributed by atoms with Gasteiger partial charge in [-0.2, -0.15) is 0 Å². The van der Waals surface area contributed by atoms with Gasteiger partial charge in [-0.1, -0.05) is 0 Å². The van der Waals surface area contributed by atoms with E-state index in [-0.39, 0.29) is 8.60 Å². The zero-order valence-corrected chi connectivity index (χ0v) is 2.74. The Morgan fingerprint density at radius 3 is 2.00 bits per heavy atom. The molecule has 0 rings (SSSR count). The smallest absolute Gasteiger partial charge is 0.288 e. The van der Waals surface area contributed by atoms with Crippen molar-refractivity contribution in [3.05, 3.63) is 0 Å². The molecule has 0 saturated heterocycles. The Balaban J connectivity index is 2.55. The molecular weight excluding hydrogens is 77.0 g/mol. The first-order chi connectivity index (χ1) is 1.91. The molecule has 0 amide bonds. The molecule has 0 aromatic rings. The highest BCUT2D eigenvalue weighted by Crippen LogP contribution is 1.57. The fourth-order valence-electron chi connectivity index (χ4n) is 0. The third kappa shape index (κ3) is 2.02. The molecule has 0 aliphatic carbocycles. The van der Waals surface area contributed by atoms with E-state index < -0.39 is 0 Å². The highest BCUT2D eigenvalue weighted by Gasteiger charge is 1.51. The first-order valence-electron chi connectivity index (χ1n) is 0.647. The summed E-state index contributed by atoms with van der Waals surface area (Å²) in [5, 5.41) is 7.36. The van der Waals surface area contributed by atoms with Gasteiger partial charge in [0.25, 0.3) is 0 Å². The Morgan fingerprint density at radius 1 is 1.75 bits per heavy atom. The number of hydrogen-bond acceptors (Lipinski definition) is 0. The summed E-state index contributed by atoms with van der Waals surface area (Å²) in [6.07, 6.45) is 0. The molecular formula is H3NO2P+. The monoisotopic (exact) mass is 80.0 g/mol. The molecule has 0 atom stereocenters. The van der Waals surface area contributed by atoms with Gasteiger partial charge in [0, 0.05) is 0 Å². The zero-order chi connectivity index (χ0) is 3.41. The molecule has 0 radical (unpaired) electrons. The zero-order valence-electron chi connectivity index (χ0n) is 1.84. The lowest BCUT2D eigenvalue weighted by atomic mass is 13.6. The Hall–Kier alpha value is 0.0200. The molecule has 0 spiro atoms. The Labute approximate surface area is 24.8 Å². The lowest BCUT2D eigenvalue weighted by molar-refractivity contribution is -0.719. The van der Waals surface area contributed by atoms with E-state index in [1.165, 1.54) is 4.91 Å². The summed E-state index contributed by atoms with van der Waals surface area (Å²) in [5.74, 6) is 0. The van der Waals surface area contributed by atoms with Crippen LogP contribution in [0.2, 0.25) is 0 Å². The molecule has 0 bridgehead atoms. The molecule has 24 valence electrons. The fraction of sp³-hybridized carbons (Fsp3) is 0. The van der Waals surface area contributed by atoms with Crippen molar-refractivity contribution in [3.8, 4) is 0 Å². The van der Waals surface area contributed by atoms with Gasteiger partial charge in [-0.3, -0.25) is 4.89 Å². The molecule has 0 aliphatic rings. The summed E-state index contributed by atoms with van der Waals surface area (Å²) in [6.45, 7) is 0. The van der Waals surface area contributed by atoms with Crippen LogP contribution in [0.5, 0.6) is 0 Å². The Morgan fingerprint density at radius 2 is 2.00 bits per heavy atom. The van der Waals surface area contributed by atoms with Gasteiger partial charge in [0.15, 0.2) is 0 Å². The first kappa shape index (κ1) is 4.02. The fourth-order valence-corrected chi connectivity index (χ4v) is 0. The summed E-state index contributed by atoms with van der Waals surface area (Å²) in [6, 6.07) is 0. The number of hydrogen-bond donors (Lipinski definition) is 3. The molecule has 0 unspecified atom stereocenters. The quantitative estimate of drug-likeness (QED) is 0.245. The van der Waals surface area contributed by atoms with E-state index in [2.05, 4.69) is 0 Å². The predicted molar refractivity (Wildman–Crippen MR) is 11.9 cm³/mol. The minimum Gasteiger partial charge on any atom is -0.288 e. The normalized spacial score (nSPS) is 9.50. The van der Waals surface area contributed by atoms with Crippen LogP contribution in [0, 0.1) is 0 Å². The third-order valence-electron chi connectivity index (χ3n) is 0.0447. The minimum atomic E-state index is -0.196. The highest BCUT2D eigenvalue weighted by molar-refractivity contribution is 7.15. The Bertz CT molecular complexity index is 21.2. The van der Waals surface area contributed by atoms with Crippen LogP contribution in [0.4, 0.5) is 0 Å². The van der Waals surface area contributed by atoms with E-state index in [9.17, 15) is 0 Å². The van der Waals surface area contributed by atoms with Crippen LogP contribution in [0.3, 0.4) is 0 Å². The maximum absolute atomic E-state index is 7.49. The topological polar surface area (TPSA) is 54.4 Å². The average molecular weight is 80.0 g/mol. The molecule has 0 heterocycles. The van der Waals surface area contributed by atoms with Crippen molar-refractivity contribution in [1.29, 1.82) is 0 Å². The SMILES string of the molecule is O[NH+]=PO. The molecule has 4 heavy (non-hydrogen) atoms. The molecule has 0 fully saturated rings. The van der Waals surface area contributed by atoms with Crippen molar-refractivity contribution in [1.82, 2.24) is 0 Å². The van der Waals surface area contributed by atoms with Gasteiger partial charge in [-0.15, -0.1) is 5.21 Å². The van der Waals surface area contributed by atoms with Crippen molar-refractivity contribution in [2.45, 2.75) is 0 Å². The van der Waals surface area contributed by atoms with Crippen LogP contribution in [-0.2, 0) is 0 Å². The second kappa shape index (κ2) is 3.02. The van der Waals surface area contributed by atoms with Crippen LogP contribution >= 0.6 is 8.60 Å². The highest BCUT2D eigenvalue weighted by atomic mass is 31.1. The van der Waals surface area contributed by atoms with Crippen molar-refractivity contribution in [2.75, 3.05) is 0 Å². The van der Waals surface area contributed by atoms with Gasteiger partial charge in [0.05, 0.1) is 0 Å². The third-order valence-corrected chi connectivity index (χ3v) is 0.134. The van der Waals surface area contributed by atoms with Gasteiger partial charge in [-0.05, 0) is 4.91 Å². The van der Waals surface area contributed by atoms with Gasteiger partial charge >= 0.3 is 8.60 Å². The van der Waals surface area contributed by atoms with E-state index in [0.29, 0.717) is 0 Å². The number of rotatable bonds is 0. The van der Waals surface area contributed by atoms with Gasteiger partial charge in [0.1, 0.15) is 0 Å². The van der Waals surface area contributed by atoms with Crippen LogP contribution in [0.25, 0.3) is 0 Å². The number of nitrogens with one attached hydrogen (secondary N) is 1. The summed E-state index contributed by atoms with van der Waals surface area (Å²) < 4.78 is 0. The largest absolute Gasteiger partial charge is 0.430 e. The van der Waals surface area contributed by atoms with Crippen LogP contribution in [0.1, 0.15) is 0 Å². The standard InChI is InChI=1S/H2NO2P/c2-1-4-3/h2H,(H,1,3)/p+1. The summed E-state index contributed by atoms with van der Waals surface area (Å²) in [5.41, 5.74) is 0. The molecule has 3 nitrogen and oxygen atoms in total. The first-order valence-corrected chi connectivity index (χ1v) is 1.49. The minimum absolute atomic E-state index is 0.196. The molecule has 0 aromatic carbocycles. The van der Waals surface area contributed by atoms with E-state index in [1.54, 1.807) is 0 Å². The van der Waals surface area contributed by atoms with Gasteiger partial charge < -0.3 is 0 Å². The van der Waals surface area contributed by atoms with E-state index >= 15 is 0 Å². The molecule has 0 aliphatic heterocycles. The van der Waals surface area contributed by atoms with Gasteiger partial charge in [0.2, 0.25) is 0 Å². The molecule has 3 N–H and O–H groups in total. The second-order valence-corrected chi connectivity index (χ2v) is 0.600. The average Bonchev–Trinajstić information content (AvgIpc) is 1.37. The lowest BCUT2D eigenvalue weighted by Crippen LogP contribution is -2.56. The maximum Gasteiger partial charge on any atom is 0.430 e. The lowest BCUT2D eigenvalue weighted by Gasteiger charge is -1.39. The Kier molecular flexibility index (Phi) is 3.04. The van der Waals surface area contributed by atoms with E-state index in [1.807, 2.05) is 0 Å². The summed E-state index contributed by atoms with van der Waals surface area (Å²) in [7, 11) is -0.196. The van der Waals surface area contributed by atoms with Crippen molar-refractivity contribution >= 4 is 8.60 Å². The molecule has 0 saturated carbocycles.